The van der Waals surface area contributed by atoms with E-state index in [4.69, 9.17) is 34.5 Å². The Balaban J connectivity index is 0.000000172. The van der Waals surface area contributed by atoms with Crippen LogP contribution in [-0.2, 0) is 29.1 Å². The number of nitrogens with one attached hydrogen (secondary N) is 3. The van der Waals surface area contributed by atoms with Gasteiger partial charge in [-0.15, -0.1) is 0 Å². The zero-order chi connectivity index (χ0) is 66.0. The molecule has 2 aliphatic heterocycles. The molecule has 4 N–H and O–H groups in total. The molecule has 14 rings (SSSR count). The lowest BCUT2D eigenvalue weighted by atomic mass is 10.0. The molecule has 8 heterocycles. The van der Waals surface area contributed by atoms with E-state index in [-0.39, 0.29) is 39.8 Å². The molecular formula is C76H92FN17O3S2. The van der Waals surface area contributed by atoms with Crippen LogP contribution in [0.3, 0.4) is 0 Å². The lowest BCUT2D eigenvalue weighted by Gasteiger charge is -2.26. The lowest BCUT2D eigenvalue weighted by Crippen LogP contribution is -2.37. The Labute approximate surface area is 589 Å². The first kappa shape index (κ1) is 73.9. The number of aromatic nitrogens is 12. The number of anilines is 6. The molecule has 3 unspecified atom stereocenters. The van der Waals surface area contributed by atoms with Crippen molar-refractivity contribution in [3.63, 3.8) is 0 Å². The lowest BCUT2D eigenvalue weighted by molar-refractivity contribution is 0.0409. The summed E-state index contributed by atoms with van der Waals surface area (Å²) in [5.41, 5.74) is 8.65. The minimum absolute atomic E-state index is 0. The number of para-hydroxylation sites is 1. The third-order valence-electron chi connectivity index (χ3n) is 16.7. The van der Waals surface area contributed by atoms with Crippen LogP contribution in [0.15, 0.2) is 199 Å². The van der Waals surface area contributed by atoms with Crippen molar-refractivity contribution in [3.05, 3.63) is 217 Å². The normalized spacial score (nSPS) is 14.1. The van der Waals surface area contributed by atoms with Gasteiger partial charge in [-0.2, -0.15) is 15.3 Å². The van der Waals surface area contributed by atoms with Crippen LogP contribution in [-0.4, -0.2) is 151 Å². The van der Waals surface area contributed by atoms with E-state index in [9.17, 15) is 9.50 Å². The fourth-order valence-electron chi connectivity index (χ4n) is 11.5. The van der Waals surface area contributed by atoms with Crippen molar-refractivity contribution in [1.82, 2.24) is 69.0 Å². The van der Waals surface area contributed by atoms with E-state index in [2.05, 4.69) is 146 Å². The zero-order valence-corrected chi connectivity index (χ0v) is 56.1. The summed E-state index contributed by atoms with van der Waals surface area (Å²) in [6.07, 6.45) is 5.45. The number of hydrogen-bond donors (Lipinski definition) is 4. The van der Waals surface area contributed by atoms with E-state index in [1.54, 1.807) is 60.2 Å². The minimum Gasteiger partial charge on any atom is -0.508 e. The highest BCUT2D eigenvalue weighted by atomic mass is 32.2. The molecule has 20 nitrogen and oxygen atoms in total. The molecule has 0 aliphatic carbocycles. The first-order chi connectivity index (χ1) is 47.0. The van der Waals surface area contributed by atoms with E-state index < -0.39 is 0 Å². The maximum absolute atomic E-state index is 13.8. The minimum atomic E-state index is -0.298. The van der Waals surface area contributed by atoms with Crippen LogP contribution >= 0.6 is 23.5 Å². The summed E-state index contributed by atoms with van der Waals surface area (Å²) < 4.78 is 30.6. The number of phenols is 1. The van der Waals surface area contributed by atoms with Gasteiger partial charge in [-0.3, -0.25) is 9.80 Å². The zero-order valence-electron chi connectivity index (χ0n) is 54.5. The van der Waals surface area contributed by atoms with Crippen LogP contribution in [0.2, 0.25) is 0 Å². The molecule has 0 spiro atoms. The standard InChI is InChI=1S/C26H29FN6OS.C26H30N6OS.C21H21N5O.3CH4/c1-19(20-6-3-2-4-7-20)18-33-25-23(17-28-33)24(29-22-9-5-8-21(27)16-22)30-26(31-25)35-15-12-32-10-13-34-14-11-32;1-20(21-8-4-2-5-9-21)19-32-25-23(18-27-32)24(28-22-10-6-3-7-11-22)29-26(30-25)34-17-14-31-12-15-33-16-13-31;1-14(16-7-4-3-5-8-16)13-26-21-19(12-22-26)20(23-15(2)24-21)25-17-9-6-10-18(27)11-17;;;/h2-9,16-17,19H,10-15,18H2,1H3,(H,29,30,31);2-11,18,20H,12-17,19H2,1H3,(H,28,29,30);3-12,14,27H,13H2,1-2H3,(H,23,24,25);3*1H4. The predicted octanol–water partition coefficient (Wildman–Crippen LogP) is 16.0. The molecule has 23 heteroatoms. The van der Waals surface area contributed by atoms with Crippen molar-refractivity contribution < 1.29 is 19.0 Å². The second-order valence-corrected chi connectivity index (χ2v) is 26.0. The van der Waals surface area contributed by atoms with Crippen LogP contribution in [0.5, 0.6) is 5.75 Å². The first-order valence-corrected chi connectivity index (χ1v) is 34.6. The number of aromatic hydroxyl groups is 1. The number of thioether (sulfide) groups is 2. The second-order valence-electron chi connectivity index (χ2n) is 23.9. The number of aryl methyl sites for hydroxylation is 1. The van der Waals surface area contributed by atoms with Gasteiger partial charge in [-0.25, -0.2) is 48.3 Å². The Hall–Kier alpha value is -9.36. The molecule has 2 aliphatic rings. The van der Waals surface area contributed by atoms with E-state index in [1.165, 1.54) is 28.8 Å². The van der Waals surface area contributed by atoms with Crippen LogP contribution in [0.4, 0.5) is 38.9 Å². The summed E-state index contributed by atoms with van der Waals surface area (Å²) in [5.74, 6) is 5.39. The highest BCUT2D eigenvalue weighted by Crippen LogP contribution is 2.32. The highest BCUT2D eigenvalue weighted by molar-refractivity contribution is 7.99. The smallest absolute Gasteiger partial charge is 0.191 e. The van der Waals surface area contributed by atoms with Crippen molar-refractivity contribution in [2.45, 2.75) is 97.7 Å². The number of rotatable bonds is 23. The molecule has 3 atom stereocenters. The van der Waals surface area contributed by atoms with E-state index >= 15 is 0 Å². The fraction of sp³-hybridized carbons (Fsp3) is 0.329. The summed E-state index contributed by atoms with van der Waals surface area (Å²) in [4.78, 5) is 33.4. The summed E-state index contributed by atoms with van der Waals surface area (Å²) in [5, 5.41) is 37.6. The molecule has 0 bridgehead atoms. The molecule has 2 fully saturated rings. The number of hydrogen-bond acceptors (Lipinski definition) is 19. The first-order valence-electron chi connectivity index (χ1n) is 32.6. The van der Waals surface area contributed by atoms with E-state index in [0.717, 1.165) is 146 Å². The number of ether oxygens (including phenoxy) is 2. The van der Waals surface area contributed by atoms with Gasteiger partial charge in [0.15, 0.2) is 27.3 Å². The molecule has 12 aromatic rings. The summed E-state index contributed by atoms with van der Waals surface area (Å²) in [6, 6.07) is 54.8. The van der Waals surface area contributed by atoms with E-state index in [0.29, 0.717) is 46.7 Å². The molecule has 6 aromatic carbocycles. The number of fused-ring (bicyclic) bond motifs is 3. The third-order valence-corrected chi connectivity index (χ3v) is 18.4. The van der Waals surface area contributed by atoms with Crippen molar-refractivity contribution >= 4 is 91.1 Å². The van der Waals surface area contributed by atoms with Crippen LogP contribution in [0, 0.1) is 12.7 Å². The molecule has 0 saturated carbocycles. The van der Waals surface area contributed by atoms with Crippen LogP contribution in [0.25, 0.3) is 33.1 Å². The predicted molar refractivity (Wildman–Crippen MR) is 402 cm³/mol. The van der Waals surface area contributed by atoms with Gasteiger partial charge in [0.05, 0.1) is 61.2 Å². The summed E-state index contributed by atoms with van der Waals surface area (Å²) >= 11 is 3.32. The molecular weight excluding hydrogens is 1280 g/mol. The van der Waals surface area contributed by atoms with Crippen molar-refractivity contribution in [1.29, 1.82) is 0 Å². The molecule has 6 aromatic heterocycles. The van der Waals surface area contributed by atoms with Gasteiger partial charge in [0.25, 0.3) is 0 Å². The van der Waals surface area contributed by atoms with Crippen molar-refractivity contribution in [3.8, 4) is 5.75 Å². The van der Waals surface area contributed by atoms with Gasteiger partial charge in [0.2, 0.25) is 0 Å². The maximum Gasteiger partial charge on any atom is 0.191 e. The third kappa shape index (κ3) is 20.2. The average molecular weight is 1370 g/mol. The summed E-state index contributed by atoms with van der Waals surface area (Å²) in [6.45, 7) is 19.7. The quantitative estimate of drug-likeness (QED) is 0.0346. The van der Waals surface area contributed by atoms with Crippen LogP contribution < -0.4 is 16.0 Å². The largest absolute Gasteiger partial charge is 0.508 e. The SMILES string of the molecule is C.C.C.CC(Cn1ncc2c(Nc3cccc(F)c3)nc(SCCN3CCOCC3)nc21)c1ccccc1.CC(Cn1ncc2c(Nc3ccccc3)nc(SCCN3CCOCC3)nc21)c1ccccc1.Cc1nc(Nc2cccc(O)c2)c2cnn(CC(C)c3ccccc3)c2n1. The number of halogens is 1. The van der Waals surface area contributed by atoms with Gasteiger partial charge in [-0.1, -0.05) is 188 Å². The Kier molecular flexibility index (Phi) is 27.2. The Morgan fingerprint density at radius 2 is 0.808 bits per heavy atom. The Bertz CT molecular complexity index is 4430. The molecule has 0 amide bonds. The molecule has 99 heavy (non-hydrogen) atoms. The molecule has 2 saturated heterocycles. The number of morpholine rings is 2. The van der Waals surface area contributed by atoms with Gasteiger partial charge in [-0.05, 0) is 66.1 Å². The second kappa shape index (κ2) is 36.5. The Morgan fingerprint density at radius 1 is 0.444 bits per heavy atom. The van der Waals surface area contributed by atoms with Gasteiger partial charge in [0, 0.05) is 111 Å². The highest BCUT2D eigenvalue weighted by Gasteiger charge is 2.21. The number of nitrogens with zero attached hydrogens (tertiary/aromatic N) is 14. The van der Waals surface area contributed by atoms with Crippen LogP contribution in [0.1, 0.15) is 83.3 Å². The molecule has 0 radical (unpaired) electrons. The van der Waals surface area contributed by atoms with Gasteiger partial charge >= 0.3 is 0 Å². The van der Waals surface area contributed by atoms with Gasteiger partial charge < -0.3 is 30.5 Å². The number of benzene rings is 6. The molecule has 518 valence electrons. The van der Waals surface area contributed by atoms with Crippen molar-refractivity contribution in [2.75, 3.05) is 93.2 Å². The maximum atomic E-state index is 13.8. The topological polar surface area (TPSA) is 212 Å². The van der Waals surface area contributed by atoms with Crippen molar-refractivity contribution in [2.24, 2.45) is 0 Å². The monoisotopic (exact) mass is 1370 g/mol. The Morgan fingerprint density at radius 3 is 1.22 bits per heavy atom. The van der Waals surface area contributed by atoms with Gasteiger partial charge in [0.1, 0.15) is 34.8 Å². The fourth-order valence-corrected chi connectivity index (χ4v) is 13.1. The summed E-state index contributed by atoms with van der Waals surface area (Å²) in [7, 11) is 0. The number of phenolic OH excluding ortho intramolecular Hbond substituents is 1. The van der Waals surface area contributed by atoms with E-state index in [1.807, 2.05) is 81.8 Å². The average Bonchev–Trinajstić information content (AvgIpc) is 1.69.